The van der Waals surface area contributed by atoms with E-state index in [1.54, 1.807) is 0 Å². The summed E-state index contributed by atoms with van der Waals surface area (Å²) < 4.78 is 0. The molecule has 0 aromatic rings. The van der Waals surface area contributed by atoms with Gasteiger partial charge in [-0.05, 0) is 18.8 Å². The molecule has 12 heavy (non-hydrogen) atoms. The van der Waals surface area contributed by atoms with Crippen molar-refractivity contribution >= 4 is 5.84 Å². The van der Waals surface area contributed by atoms with Crippen molar-refractivity contribution in [3.8, 4) is 0 Å². The maximum absolute atomic E-state index is 5.19. The highest BCUT2D eigenvalue weighted by atomic mass is 16.7. The lowest BCUT2D eigenvalue weighted by atomic mass is 10.1. The minimum Gasteiger partial charge on any atom is -0.251 e. The van der Waals surface area contributed by atoms with Crippen molar-refractivity contribution in [1.29, 1.82) is 0 Å². The quantitative estimate of drug-likeness (QED) is 0.701. The van der Waals surface area contributed by atoms with Crippen LogP contribution in [-0.2, 0) is 4.84 Å². The van der Waals surface area contributed by atoms with Crippen LogP contribution in [0.4, 0.5) is 0 Å². The van der Waals surface area contributed by atoms with Crippen LogP contribution in [0.5, 0.6) is 0 Å². The Morgan fingerprint density at radius 2 is 2.33 bits per heavy atom. The molecule has 0 amide bonds. The highest BCUT2D eigenvalue weighted by Gasteiger charge is 2.14. The van der Waals surface area contributed by atoms with Crippen molar-refractivity contribution in [2.24, 2.45) is 10.9 Å². The molecule has 1 atom stereocenters. The molecule has 0 aromatic heterocycles. The maximum Gasteiger partial charge on any atom is 0.176 e. The van der Waals surface area contributed by atoms with Crippen LogP contribution in [0.25, 0.3) is 0 Å². The lowest BCUT2D eigenvalue weighted by Crippen LogP contribution is -2.18. The lowest BCUT2D eigenvalue weighted by molar-refractivity contribution is 0.0357. The van der Waals surface area contributed by atoms with E-state index >= 15 is 0 Å². The van der Waals surface area contributed by atoms with Crippen molar-refractivity contribution < 1.29 is 4.84 Å². The normalized spacial score (nSPS) is 22.7. The van der Waals surface area contributed by atoms with Gasteiger partial charge < -0.3 is 0 Å². The Hall–Kier alpha value is -0.570. The van der Waals surface area contributed by atoms with Crippen molar-refractivity contribution in [1.82, 2.24) is 5.48 Å². The number of aliphatic imine (C=N–C) groups is 1. The first-order valence-electron chi connectivity index (χ1n) is 4.70. The molecule has 70 valence electrons. The molecule has 0 saturated carbocycles. The van der Waals surface area contributed by atoms with Gasteiger partial charge in [0, 0.05) is 6.42 Å². The fraction of sp³-hybridized carbons (Fsp3) is 0.889. The van der Waals surface area contributed by atoms with Gasteiger partial charge in [0.1, 0.15) is 5.84 Å². The molecule has 0 aromatic carbocycles. The molecule has 1 heterocycles. The number of amidine groups is 1. The third-order valence-electron chi connectivity index (χ3n) is 1.92. The molecular weight excluding hydrogens is 152 g/mol. The van der Waals surface area contributed by atoms with Crippen LogP contribution >= 0.6 is 0 Å². The summed E-state index contributed by atoms with van der Waals surface area (Å²) in [5.41, 5.74) is 2.86. The summed E-state index contributed by atoms with van der Waals surface area (Å²) in [5.74, 6) is 1.74. The van der Waals surface area contributed by atoms with Gasteiger partial charge >= 0.3 is 0 Å². The Bertz CT molecular complexity index is 166. The number of hydrogen-bond acceptors (Lipinski definition) is 3. The number of nitrogens with one attached hydrogen (secondary N) is 1. The molecule has 1 aliphatic heterocycles. The van der Waals surface area contributed by atoms with E-state index in [1.807, 2.05) is 0 Å². The summed E-state index contributed by atoms with van der Waals surface area (Å²) in [6.45, 7) is 6.50. The van der Waals surface area contributed by atoms with E-state index in [0.717, 1.165) is 24.6 Å². The van der Waals surface area contributed by atoms with Crippen LogP contribution in [0.1, 0.15) is 40.0 Å². The topological polar surface area (TPSA) is 33.6 Å². The maximum atomic E-state index is 5.19. The Labute approximate surface area is 74.2 Å². The summed E-state index contributed by atoms with van der Waals surface area (Å²) in [7, 11) is 0. The highest BCUT2D eigenvalue weighted by molar-refractivity contribution is 5.82. The standard InChI is InChI=1S/C9H18N2O/c1-4-9-10-8(11-12-9)6-5-7(2)3/h7,9H,4-6H2,1-3H3,(H,10,11). The van der Waals surface area contributed by atoms with E-state index < -0.39 is 0 Å². The summed E-state index contributed by atoms with van der Waals surface area (Å²) in [6, 6.07) is 0. The molecule has 0 bridgehead atoms. The van der Waals surface area contributed by atoms with Gasteiger partial charge in [0.05, 0.1) is 0 Å². The summed E-state index contributed by atoms with van der Waals surface area (Å²) >= 11 is 0. The van der Waals surface area contributed by atoms with E-state index in [2.05, 4.69) is 31.2 Å². The van der Waals surface area contributed by atoms with Crippen LogP contribution in [0.15, 0.2) is 4.99 Å². The molecular formula is C9H18N2O. The van der Waals surface area contributed by atoms with E-state index in [-0.39, 0.29) is 6.23 Å². The molecule has 1 rings (SSSR count). The van der Waals surface area contributed by atoms with Crippen LogP contribution in [0.3, 0.4) is 0 Å². The molecule has 0 fully saturated rings. The summed E-state index contributed by atoms with van der Waals surface area (Å²) in [5, 5.41) is 0. The minimum absolute atomic E-state index is 0.0483. The zero-order valence-corrected chi connectivity index (χ0v) is 8.13. The predicted molar refractivity (Wildman–Crippen MR) is 49.8 cm³/mol. The third-order valence-corrected chi connectivity index (χ3v) is 1.92. The monoisotopic (exact) mass is 170 g/mol. The fourth-order valence-electron chi connectivity index (χ4n) is 1.08. The van der Waals surface area contributed by atoms with Crippen molar-refractivity contribution in [2.75, 3.05) is 0 Å². The van der Waals surface area contributed by atoms with Gasteiger partial charge in [-0.3, -0.25) is 5.48 Å². The number of rotatable bonds is 4. The Morgan fingerprint density at radius 3 is 2.83 bits per heavy atom. The zero-order valence-electron chi connectivity index (χ0n) is 8.13. The highest BCUT2D eigenvalue weighted by Crippen LogP contribution is 2.10. The molecule has 1 N–H and O–H groups in total. The number of hydroxylamine groups is 1. The second-order valence-electron chi connectivity index (χ2n) is 3.59. The van der Waals surface area contributed by atoms with Crippen LogP contribution in [-0.4, -0.2) is 12.1 Å². The molecule has 0 saturated heterocycles. The van der Waals surface area contributed by atoms with E-state index in [1.165, 1.54) is 6.42 Å². The smallest absolute Gasteiger partial charge is 0.176 e. The van der Waals surface area contributed by atoms with E-state index in [9.17, 15) is 0 Å². The largest absolute Gasteiger partial charge is 0.251 e. The third kappa shape index (κ3) is 2.81. The molecule has 1 unspecified atom stereocenters. The zero-order chi connectivity index (χ0) is 8.97. The first-order valence-corrected chi connectivity index (χ1v) is 4.70. The second kappa shape index (κ2) is 4.45. The van der Waals surface area contributed by atoms with E-state index in [0.29, 0.717) is 0 Å². The Morgan fingerprint density at radius 1 is 1.58 bits per heavy atom. The Balaban J connectivity index is 2.25. The number of hydrogen-bond donors (Lipinski definition) is 1. The lowest BCUT2D eigenvalue weighted by Gasteiger charge is -2.03. The minimum atomic E-state index is 0.0483. The van der Waals surface area contributed by atoms with Gasteiger partial charge in [-0.15, -0.1) is 0 Å². The van der Waals surface area contributed by atoms with Crippen LogP contribution < -0.4 is 5.48 Å². The molecule has 1 aliphatic rings. The number of nitrogens with zero attached hydrogens (tertiary/aromatic N) is 1. The molecule has 0 radical (unpaired) electrons. The molecule has 3 nitrogen and oxygen atoms in total. The predicted octanol–water partition coefficient (Wildman–Crippen LogP) is 2.09. The van der Waals surface area contributed by atoms with Crippen molar-refractivity contribution in [2.45, 2.75) is 46.3 Å². The van der Waals surface area contributed by atoms with Gasteiger partial charge in [0.25, 0.3) is 0 Å². The van der Waals surface area contributed by atoms with Gasteiger partial charge in [-0.2, -0.15) is 0 Å². The first-order chi connectivity index (χ1) is 5.72. The summed E-state index contributed by atoms with van der Waals surface area (Å²) in [4.78, 5) is 9.56. The van der Waals surface area contributed by atoms with Crippen LogP contribution in [0, 0.1) is 5.92 Å². The van der Waals surface area contributed by atoms with Gasteiger partial charge in [-0.25, -0.2) is 9.83 Å². The molecule has 0 aliphatic carbocycles. The SMILES string of the molecule is CCC1N=C(CCC(C)C)NO1. The van der Waals surface area contributed by atoms with E-state index in [4.69, 9.17) is 4.84 Å². The summed E-state index contributed by atoms with van der Waals surface area (Å²) in [6.07, 6.45) is 3.17. The fourth-order valence-corrected chi connectivity index (χ4v) is 1.08. The first kappa shape index (κ1) is 9.52. The molecule has 0 spiro atoms. The average Bonchev–Trinajstić information content (AvgIpc) is 2.48. The van der Waals surface area contributed by atoms with Gasteiger partial charge in [0.15, 0.2) is 6.23 Å². The molecule has 3 heteroatoms. The van der Waals surface area contributed by atoms with Crippen molar-refractivity contribution in [3.63, 3.8) is 0 Å². The second-order valence-corrected chi connectivity index (χ2v) is 3.59. The van der Waals surface area contributed by atoms with Crippen LogP contribution in [0.2, 0.25) is 0 Å². The van der Waals surface area contributed by atoms with Crippen molar-refractivity contribution in [3.05, 3.63) is 0 Å². The van der Waals surface area contributed by atoms with Gasteiger partial charge in [-0.1, -0.05) is 20.8 Å². The van der Waals surface area contributed by atoms with Gasteiger partial charge in [0.2, 0.25) is 0 Å². The Kier molecular flexibility index (Phi) is 3.53. The average molecular weight is 170 g/mol.